The second-order valence-electron chi connectivity index (χ2n) is 8.82. The molecule has 1 aliphatic heterocycles. The lowest BCUT2D eigenvalue weighted by molar-refractivity contribution is -0.140. The lowest BCUT2D eigenvalue weighted by Crippen LogP contribution is -2.45. The first-order chi connectivity index (χ1) is 12.6. The molecule has 2 N–H and O–H groups in total. The minimum Gasteiger partial charge on any atom is -0.356 e. The average Bonchev–Trinajstić information content (AvgIpc) is 3.55. The molecule has 1 heterocycles. The molecular weight excluding hydrogens is 328 g/mol. The summed E-state index contributed by atoms with van der Waals surface area (Å²) in [7, 11) is 1.77. The molecule has 0 spiro atoms. The van der Waals surface area contributed by atoms with Crippen molar-refractivity contribution in [1.29, 1.82) is 0 Å². The molecule has 6 heteroatoms. The van der Waals surface area contributed by atoms with Crippen LogP contribution in [-0.4, -0.2) is 49.4 Å². The fraction of sp³-hybridized carbons (Fsp3) is 0.750. The summed E-state index contributed by atoms with van der Waals surface area (Å²) < 4.78 is 0. The number of amides is 2. The first-order valence-corrected chi connectivity index (χ1v) is 10.1. The average molecular weight is 356 g/mol. The Morgan fingerprint density at radius 3 is 2.35 bits per heavy atom. The van der Waals surface area contributed by atoms with E-state index in [2.05, 4.69) is 27.8 Å². The van der Waals surface area contributed by atoms with Crippen LogP contribution in [0.1, 0.15) is 32.1 Å². The van der Waals surface area contributed by atoms with E-state index in [1.807, 2.05) is 0 Å². The summed E-state index contributed by atoms with van der Waals surface area (Å²) in [5, 5.41) is 6.72. The number of allylic oxidation sites excluding steroid dienone is 2. The van der Waals surface area contributed by atoms with Gasteiger partial charge in [0.2, 0.25) is 11.8 Å². The van der Waals surface area contributed by atoms with Crippen molar-refractivity contribution in [2.75, 3.05) is 26.7 Å². The van der Waals surface area contributed by atoms with Gasteiger partial charge in [-0.15, -0.1) is 0 Å². The standard InChI is InChI=1S/C20H28N4O2/c1-21-19(23-11-20(6-7-20)14-4-5-14)22-8-9-24-17(25)15-12-2-3-13(10-12)16(15)18(24)26/h2-3,12-16H,4-11H2,1H3,(H2,21,22,23). The number of hydrogen-bond acceptors (Lipinski definition) is 3. The summed E-state index contributed by atoms with van der Waals surface area (Å²) in [5.41, 5.74) is 0.516. The van der Waals surface area contributed by atoms with E-state index in [9.17, 15) is 9.59 Å². The minimum atomic E-state index is -0.0943. The topological polar surface area (TPSA) is 73.8 Å². The molecule has 0 aromatic carbocycles. The maximum Gasteiger partial charge on any atom is 0.233 e. The molecule has 2 bridgehead atoms. The van der Waals surface area contributed by atoms with Gasteiger partial charge >= 0.3 is 0 Å². The number of fused-ring (bicyclic) bond motifs is 5. The third kappa shape index (κ3) is 2.48. The van der Waals surface area contributed by atoms with Gasteiger partial charge in [0, 0.05) is 26.7 Å². The van der Waals surface area contributed by atoms with Crippen molar-refractivity contribution in [3.8, 4) is 0 Å². The van der Waals surface area contributed by atoms with E-state index < -0.39 is 0 Å². The predicted octanol–water partition coefficient (Wildman–Crippen LogP) is 1.15. The number of nitrogens with zero attached hydrogens (tertiary/aromatic N) is 2. The van der Waals surface area contributed by atoms with Crippen LogP contribution >= 0.6 is 0 Å². The van der Waals surface area contributed by atoms with Crippen LogP contribution < -0.4 is 10.6 Å². The number of hydrogen-bond donors (Lipinski definition) is 2. The number of imide groups is 1. The molecule has 0 aromatic heterocycles. The fourth-order valence-corrected chi connectivity index (χ4v) is 5.54. The van der Waals surface area contributed by atoms with Gasteiger partial charge in [0.15, 0.2) is 5.96 Å². The first kappa shape index (κ1) is 16.3. The Labute approximate surface area is 154 Å². The number of carbonyl (C=O) groups excluding carboxylic acids is 2. The smallest absolute Gasteiger partial charge is 0.233 e. The van der Waals surface area contributed by atoms with Crippen molar-refractivity contribution in [2.24, 2.45) is 40.0 Å². The third-order valence-electron chi connectivity index (χ3n) is 7.36. The normalized spacial score (nSPS) is 36.7. The van der Waals surface area contributed by atoms with Crippen molar-refractivity contribution >= 4 is 17.8 Å². The zero-order valence-electron chi connectivity index (χ0n) is 15.4. The summed E-state index contributed by atoms with van der Waals surface area (Å²) in [6, 6.07) is 0. The number of guanidine groups is 1. The van der Waals surface area contributed by atoms with Gasteiger partial charge < -0.3 is 10.6 Å². The molecule has 6 nitrogen and oxygen atoms in total. The maximum atomic E-state index is 12.7. The highest BCUT2D eigenvalue weighted by Gasteiger charge is 2.59. The molecule has 0 aromatic rings. The van der Waals surface area contributed by atoms with Crippen molar-refractivity contribution in [1.82, 2.24) is 15.5 Å². The summed E-state index contributed by atoms with van der Waals surface area (Å²) in [5.74, 6) is 2.14. The van der Waals surface area contributed by atoms with Crippen LogP contribution in [0.4, 0.5) is 0 Å². The van der Waals surface area contributed by atoms with E-state index in [4.69, 9.17) is 0 Å². The number of aliphatic imine (C=N–C) groups is 1. The minimum absolute atomic E-state index is 0.0345. The second-order valence-corrected chi connectivity index (χ2v) is 8.82. The largest absolute Gasteiger partial charge is 0.356 e. The molecule has 5 aliphatic rings. The Morgan fingerprint density at radius 1 is 1.15 bits per heavy atom. The quantitative estimate of drug-likeness (QED) is 0.324. The van der Waals surface area contributed by atoms with Gasteiger partial charge in [-0.25, -0.2) is 0 Å². The first-order valence-electron chi connectivity index (χ1n) is 10.1. The highest BCUT2D eigenvalue weighted by Crippen LogP contribution is 2.60. The zero-order chi connectivity index (χ0) is 17.9. The third-order valence-corrected chi connectivity index (χ3v) is 7.36. The zero-order valence-corrected chi connectivity index (χ0v) is 15.4. The Morgan fingerprint density at radius 2 is 1.81 bits per heavy atom. The van der Waals surface area contributed by atoms with Crippen LogP contribution in [0.25, 0.3) is 0 Å². The van der Waals surface area contributed by atoms with Gasteiger partial charge in [-0.2, -0.15) is 0 Å². The second kappa shape index (κ2) is 5.83. The van der Waals surface area contributed by atoms with Crippen molar-refractivity contribution in [2.45, 2.75) is 32.1 Å². The molecular formula is C20H28N4O2. The molecule has 2 amide bonds. The Kier molecular flexibility index (Phi) is 3.66. The van der Waals surface area contributed by atoms with Crippen LogP contribution in [0.5, 0.6) is 0 Å². The van der Waals surface area contributed by atoms with Crippen LogP contribution in [0, 0.1) is 35.0 Å². The molecule has 5 rings (SSSR count). The van der Waals surface area contributed by atoms with Gasteiger partial charge in [0.1, 0.15) is 0 Å². The van der Waals surface area contributed by atoms with Crippen LogP contribution in [-0.2, 0) is 9.59 Å². The molecule has 140 valence electrons. The molecule has 4 unspecified atom stereocenters. The molecule has 4 fully saturated rings. The fourth-order valence-electron chi connectivity index (χ4n) is 5.54. The summed E-state index contributed by atoms with van der Waals surface area (Å²) in [6.07, 6.45) is 10.7. The van der Waals surface area contributed by atoms with Crippen LogP contribution in [0.2, 0.25) is 0 Å². The molecule has 4 atom stereocenters. The van der Waals surface area contributed by atoms with Gasteiger partial charge in [0.05, 0.1) is 11.8 Å². The monoisotopic (exact) mass is 356 g/mol. The number of likely N-dealkylation sites (tertiary alicyclic amines) is 1. The molecule has 0 radical (unpaired) electrons. The van der Waals surface area contributed by atoms with E-state index in [1.165, 1.54) is 30.6 Å². The maximum absolute atomic E-state index is 12.7. The van der Waals surface area contributed by atoms with Gasteiger partial charge in [0.25, 0.3) is 0 Å². The van der Waals surface area contributed by atoms with Crippen LogP contribution in [0.15, 0.2) is 17.1 Å². The van der Waals surface area contributed by atoms with Crippen LogP contribution in [0.3, 0.4) is 0 Å². The van der Waals surface area contributed by atoms with Crippen molar-refractivity contribution in [3.05, 3.63) is 12.2 Å². The van der Waals surface area contributed by atoms with E-state index >= 15 is 0 Å². The lowest BCUT2D eigenvalue weighted by atomic mass is 9.85. The molecule has 26 heavy (non-hydrogen) atoms. The lowest BCUT2D eigenvalue weighted by Gasteiger charge is -2.20. The Balaban J connectivity index is 1.12. The highest BCUT2D eigenvalue weighted by molar-refractivity contribution is 6.06. The van der Waals surface area contributed by atoms with Gasteiger partial charge in [-0.3, -0.25) is 19.5 Å². The predicted molar refractivity (Wildman–Crippen MR) is 98.2 cm³/mol. The van der Waals surface area contributed by atoms with E-state index in [1.54, 1.807) is 7.05 Å². The van der Waals surface area contributed by atoms with E-state index in [0.29, 0.717) is 18.5 Å². The number of carbonyl (C=O) groups is 2. The number of rotatable bonds is 6. The summed E-state index contributed by atoms with van der Waals surface area (Å²) in [4.78, 5) is 31.1. The number of nitrogens with one attached hydrogen (secondary N) is 2. The van der Waals surface area contributed by atoms with Crippen molar-refractivity contribution in [3.63, 3.8) is 0 Å². The van der Waals surface area contributed by atoms with Gasteiger partial charge in [-0.05, 0) is 55.3 Å². The summed E-state index contributed by atoms with van der Waals surface area (Å²) >= 11 is 0. The molecule has 4 aliphatic carbocycles. The van der Waals surface area contributed by atoms with Crippen molar-refractivity contribution < 1.29 is 9.59 Å². The SMILES string of the molecule is CN=C(NCCN1C(=O)C2C3C=CC(C3)C2C1=O)NCC1(C2CC2)CC1. The van der Waals surface area contributed by atoms with E-state index in [-0.39, 0.29) is 35.5 Å². The Hall–Kier alpha value is -1.85. The van der Waals surface area contributed by atoms with Gasteiger partial charge in [-0.1, -0.05) is 12.2 Å². The molecule has 1 saturated heterocycles. The Bertz CT molecular complexity index is 662. The molecule has 3 saturated carbocycles. The van der Waals surface area contributed by atoms with E-state index in [0.717, 1.165) is 24.8 Å². The summed E-state index contributed by atoms with van der Waals surface area (Å²) in [6.45, 7) is 1.96. The highest BCUT2D eigenvalue weighted by atomic mass is 16.2.